The van der Waals surface area contributed by atoms with Crippen LogP contribution in [0, 0.1) is 5.41 Å². The van der Waals surface area contributed by atoms with Crippen molar-refractivity contribution in [3.8, 4) is 0 Å². The molecule has 0 spiro atoms. The van der Waals surface area contributed by atoms with E-state index >= 15 is 0 Å². The number of ether oxygens (including phenoxy) is 2. The minimum absolute atomic E-state index is 0.116. The summed E-state index contributed by atoms with van der Waals surface area (Å²) >= 11 is 0. The van der Waals surface area contributed by atoms with Gasteiger partial charge in [0.15, 0.2) is 5.78 Å². The van der Waals surface area contributed by atoms with Crippen molar-refractivity contribution in [2.75, 3.05) is 0 Å². The fourth-order valence-corrected chi connectivity index (χ4v) is 2.47. The fraction of sp³-hybridized carbons (Fsp3) is 0.526. The second-order valence-corrected chi connectivity index (χ2v) is 7.38. The lowest BCUT2D eigenvalue weighted by Gasteiger charge is -2.24. The van der Waals surface area contributed by atoms with Crippen LogP contribution in [-0.2, 0) is 25.7 Å². The topological polar surface area (TPSA) is 81.7 Å². The van der Waals surface area contributed by atoms with E-state index in [4.69, 9.17) is 9.47 Å². The number of amides is 1. The molecule has 1 aromatic carbocycles. The summed E-state index contributed by atoms with van der Waals surface area (Å²) in [6, 6.07) is 8.42. The lowest BCUT2D eigenvalue weighted by Crippen LogP contribution is -2.46. The van der Waals surface area contributed by atoms with Gasteiger partial charge in [-0.2, -0.15) is 0 Å². The molecule has 25 heavy (non-hydrogen) atoms. The summed E-state index contributed by atoms with van der Waals surface area (Å²) in [6.07, 6.45) is 0.210. The molecule has 1 amide bonds. The van der Waals surface area contributed by atoms with E-state index in [0.29, 0.717) is 12.8 Å². The number of carbonyl (C=O) groups excluding carboxylic acids is 3. The zero-order valence-corrected chi connectivity index (χ0v) is 15.1. The number of nitrogens with one attached hydrogen (secondary N) is 1. The summed E-state index contributed by atoms with van der Waals surface area (Å²) in [5.74, 6) is -0.852. The number of benzene rings is 1. The minimum atomic E-state index is -1.13. The number of hydrogen-bond donors (Lipinski definition) is 1. The molecule has 6 nitrogen and oxygen atoms in total. The number of rotatable bonds is 6. The van der Waals surface area contributed by atoms with Crippen LogP contribution in [0.3, 0.4) is 0 Å². The second-order valence-electron chi connectivity index (χ2n) is 7.38. The van der Waals surface area contributed by atoms with Crippen LogP contribution < -0.4 is 5.32 Å². The van der Waals surface area contributed by atoms with Gasteiger partial charge < -0.3 is 14.8 Å². The van der Waals surface area contributed by atoms with Gasteiger partial charge in [-0.15, -0.1) is 0 Å². The van der Waals surface area contributed by atoms with Crippen molar-refractivity contribution < 1.29 is 23.9 Å². The molecule has 1 atom stereocenters. The number of esters is 1. The van der Waals surface area contributed by atoms with Crippen molar-refractivity contribution in [3.05, 3.63) is 35.9 Å². The van der Waals surface area contributed by atoms with Crippen molar-refractivity contribution in [3.63, 3.8) is 0 Å². The predicted molar refractivity (Wildman–Crippen MR) is 91.7 cm³/mol. The average molecular weight is 347 g/mol. The molecule has 1 N–H and O–H groups in total. The third-order valence-corrected chi connectivity index (χ3v) is 3.95. The first-order valence-corrected chi connectivity index (χ1v) is 8.39. The van der Waals surface area contributed by atoms with E-state index in [2.05, 4.69) is 5.32 Å². The molecular weight excluding hydrogens is 322 g/mol. The standard InChI is InChI=1S/C19H25NO5/c1-13(20-17(23)24-12-14-8-6-5-7-9-14)15(21)19(10-11-19)16(22)25-18(2,3)4/h5-9,13H,10-12H2,1-4H3,(H,20,23)/t13-/m0/s1. The molecule has 2 rings (SSSR count). The van der Waals surface area contributed by atoms with Crippen LogP contribution >= 0.6 is 0 Å². The highest BCUT2D eigenvalue weighted by atomic mass is 16.6. The molecule has 0 saturated heterocycles. The Morgan fingerprint density at radius 3 is 2.28 bits per heavy atom. The SMILES string of the molecule is C[C@H](NC(=O)OCc1ccccc1)C(=O)C1(C(=O)OC(C)(C)C)CC1. The van der Waals surface area contributed by atoms with Gasteiger partial charge in [-0.1, -0.05) is 30.3 Å². The van der Waals surface area contributed by atoms with Crippen molar-refractivity contribution in [1.29, 1.82) is 0 Å². The first-order chi connectivity index (χ1) is 11.6. The van der Waals surface area contributed by atoms with E-state index in [-0.39, 0.29) is 12.4 Å². The lowest BCUT2D eigenvalue weighted by molar-refractivity contribution is -0.164. The monoisotopic (exact) mass is 347 g/mol. The molecule has 1 fully saturated rings. The molecule has 1 aromatic rings. The van der Waals surface area contributed by atoms with Gasteiger partial charge in [-0.05, 0) is 46.1 Å². The molecule has 0 radical (unpaired) electrons. The molecule has 0 unspecified atom stereocenters. The molecule has 0 heterocycles. The maximum Gasteiger partial charge on any atom is 0.408 e. The van der Waals surface area contributed by atoms with Crippen LogP contribution in [0.25, 0.3) is 0 Å². The fourth-order valence-electron chi connectivity index (χ4n) is 2.47. The summed E-state index contributed by atoms with van der Waals surface area (Å²) in [6.45, 7) is 6.94. The van der Waals surface area contributed by atoms with Gasteiger partial charge in [0.05, 0.1) is 6.04 Å². The Kier molecular flexibility index (Phi) is 5.50. The Labute approximate surface area is 147 Å². The summed E-state index contributed by atoms with van der Waals surface area (Å²) < 4.78 is 10.4. The largest absolute Gasteiger partial charge is 0.459 e. The normalized spacial score (nSPS) is 16.5. The Morgan fingerprint density at radius 2 is 1.76 bits per heavy atom. The van der Waals surface area contributed by atoms with E-state index in [1.807, 2.05) is 30.3 Å². The summed E-state index contributed by atoms with van der Waals surface area (Å²) in [5, 5.41) is 2.50. The number of alkyl carbamates (subject to hydrolysis) is 1. The number of carbonyl (C=O) groups is 3. The molecule has 136 valence electrons. The van der Waals surface area contributed by atoms with Gasteiger partial charge >= 0.3 is 12.1 Å². The predicted octanol–water partition coefficient (Wildman–Crippen LogP) is 2.99. The smallest absolute Gasteiger partial charge is 0.408 e. The molecule has 0 aliphatic heterocycles. The molecule has 1 aliphatic rings. The van der Waals surface area contributed by atoms with E-state index in [9.17, 15) is 14.4 Å². The van der Waals surface area contributed by atoms with Crippen LogP contribution in [0.4, 0.5) is 4.79 Å². The van der Waals surface area contributed by atoms with Crippen molar-refractivity contribution in [2.45, 2.75) is 58.8 Å². The Bertz CT molecular complexity index is 644. The quantitative estimate of drug-likeness (QED) is 0.632. The number of ketones is 1. The van der Waals surface area contributed by atoms with Gasteiger partial charge in [0.1, 0.15) is 17.6 Å². The molecular formula is C19H25NO5. The summed E-state index contributed by atoms with van der Waals surface area (Å²) in [4.78, 5) is 36.8. The first kappa shape index (κ1) is 19.0. The van der Waals surface area contributed by atoms with Gasteiger partial charge in [-0.25, -0.2) is 4.79 Å². The van der Waals surface area contributed by atoms with Gasteiger partial charge in [0.25, 0.3) is 0 Å². The van der Waals surface area contributed by atoms with Gasteiger partial charge in [0, 0.05) is 0 Å². The Balaban J connectivity index is 1.87. The highest BCUT2D eigenvalue weighted by molar-refractivity contribution is 6.09. The maximum atomic E-state index is 12.6. The van der Waals surface area contributed by atoms with E-state index in [1.54, 1.807) is 27.7 Å². The molecule has 1 saturated carbocycles. The van der Waals surface area contributed by atoms with Crippen LogP contribution in [-0.4, -0.2) is 29.5 Å². The van der Waals surface area contributed by atoms with E-state index in [0.717, 1.165) is 5.56 Å². The molecule has 1 aliphatic carbocycles. The Morgan fingerprint density at radius 1 is 1.16 bits per heavy atom. The van der Waals surface area contributed by atoms with Crippen LogP contribution in [0.1, 0.15) is 46.1 Å². The average Bonchev–Trinajstić information content (AvgIpc) is 3.33. The number of hydrogen-bond acceptors (Lipinski definition) is 5. The third-order valence-electron chi connectivity index (χ3n) is 3.95. The van der Waals surface area contributed by atoms with Crippen molar-refractivity contribution in [1.82, 2.24) is 5.32 Å². The summed E-state index contributed by atoms with van der Waals surface area (Å²) in [7, 11) is 0. The number of Topliss-reactive ketones (excluding diaryl/α,β-unsaturated/α-hetero) is 1. The van der Waals surface area contributed by atoms with Crippen LogP contribution in [0.2, 0.25) is 0 Å². The maximum absolute atomic E-state index is 12.6. The minimum Gasteiger partial charge on any atom is -0.459 e. The highest BCUT2D eigenvalue weighted by Gasteiger charge is 2.59. The first-order valence-electron chi connectivity index (χ1n) is 8.39. The van der Waals surface area contributed by atoms with Crippen molar-refractivity contribution >= 4 is 17.8 Å². The Hall–Kier alpha value is -2.37. The van der Waals surface area contributed by atoms with E-state index < -0.39 is 29.1 Å². The zero-order chi connectivity index (χ0) is 18.7. The second kappa shape index (κ2) is 7.25. The molecule has 0 bridgehead atoms. The third kappa shape index (κ3) is 5.05. The van der Waals surface area contributed by atoms with Crippen LogP contribution in [0.15, 0.2) is 30.3 Å². The van der Waals surface area contributed by atoms with E-state index in [1.165, 1.54) is 0 Å². The molecule has 0 aromatic heterocycles. The van der Waals surface area contributed by atoms with Crippen LogP contribution in [0.5, 0.6) is 0 Å². The lowest BCUT2D eigenvalue weighted by atomic mass is 9.95. The highest BCUT2D eigenvalue weighted by Crippen LogP contribution is 2.49. The van der Waals surface area contributed by atoms with Gasteiger partial charge in [0.2, 0.25) is 0 Å². The van der Waals surface area contributed by atoms with Gasteiger partial charge in [-0.3, -0.25) is 9.59 Å². The zero-order valence-electron chi connectivity index (χ0n) is 15.1. The van der Waals surface area contributed by atoms with Crippen molar-refractivity contribution in [2.24, 2.45) is 5.41 Å². The molecule has 6 heteroatoms. The summed E-state index contributed by atoms with van der Waals surface area (Å²) in [5.41, 5.74) is -0.929.